The van der Waals surface area contributed by atoms with Gasteiger partial charge in [0.15, 0.2) is 5.78 Å². The fourth-order valence-electron chi connectivity index (χ4n) is 1.79. The molecule has 0 spiro atoms. The van der Waals surface area contributed by atoms with Crippen LogP contribution >= 0.6 is 0 Å². The van der Waals surface area contributed by atoms with E-state index < -0.39 is 0 Å². The van der Waals surface area contributed by atoms with Crippen molar-refractivity contribution in [2.24, 2.45) is 0 Å². The molecule has 0 saturated carbocycles. The molecule has 1 aliphatic heterocycles. The van der Waals surface area contributed by atoms with E-state index in [-0.39, 0.29) is 5.78 Å². The van der Waals surface area contributed by atoms with Crippen LogP contribution in [-0.2, 0) is 4.74 Å². The molecule has 0 aromatic heterocycles. The highest BCUT2D eigenvalue weighted by atomic mass is 16.5. The van der Waals surface area contributed by atoms with Gasteiger partial charge in [0.1, 0.15) is 0 Å². The van der Waals surface area contributed by atoms with Gasteiger partial charge in [-0.2, -0.15) is 0 Å². The van der Waals surface area contributed by atoms with Gasteiger partial charge >= 0.3 is 0 Å². The average Bonchev–Trinajstić information content (AvgIpc) is 2.71. The standard InChI is InChI=1S/C12H14O2/c1-9(13)10-2-4-11(5-3-10)12-6-7-14-8-12/h2-5,12H,6-8H2,1H3. The zero-order valence-corrected chi connectivity index (χ0v) is 8.32. The Morgan fingerprint density at radius 3 is 2.57 bits per heavy atom. The third kappa shape index (κ3) is 1.85. The maximum Gasteiger partial charge on any atom is 0.159 e. The van der Waals surface area contributed by atoms with Crippen molar-refractivity contribution in [3.63, 3.8) is 0 Å². The number of carbonyl (C=O) groups excluding carboxylic acids is 1. The maximum atomic E-state index is 11.1. The van der Waals surface area contributed by atoms with Gasteiger partial charge in [0.05, 0.1) is 6.61 Å². The van der Waals surface area contributed by atoms with Gasteiger partial charge in [-0.15, -0.1) is 0 Å². The fourth-order valence-corrected chi connectivity index (χ4v) is 1.79. The first kappa shape index (κ1) is 9.41. The van der Waals surface area contributed by atoms with Crippen LogP contribution in [0.1, 0.15) is 35.2 Å². The highest BCUT2D eigenvalue weighted by Crippen LogP contribution is 2.25. The van der Waals surface area contributed by atoms with E-state index in [1.165, 1.54) is 5.56 Å². The number of ether oxygens (including phenoxy) is 1. The summed E-state index contributed by atoms with van der Waals surface area (Å²) < 4.78 is 5.32. The van der Waals surface area contributed by atoms with Crippen LogP contribution in [0.5, 0.6) is 0 Å². The molecule has 0 N–H and O–H groups in total. The van der Waals surface area contributed by atoms with Gasteiger partial charge in [0.2, 0.25) is 0 Å². The Morgan fingerprint density at radius 1 is 1.36 bits per heavy atom. The van der Waals surface area contributed by atoms with E-state index >= 15 is 0 Å². The van der Waals surface area contributed by atoms with Crippen molar-refractivity contribution in [1.29, 1.82) is 0 Å². The first-order chi connectivity index (χ1) is 6.77. The molecule has 2 nitrogen and oxygen atoms in total. The van der Waals surface area contributed by atoms with E-state index in [1.54, 1.807) is 6.92 Å². The van der Waals surface area contributed by atoms with Crippen LogP contribution < -0.4 is 0 Å². The Balaban J connectivity index is 2.16. The van der Waals surface area contributed by atoms with Crippen LogP contribution in [0.4, 0.5) is 0 Å². The maximum absolute atomic E-state index is 11.1. The Hall–Kier alpha value is -1.15. The number of hydrogen-bond acceptors (Lipinski definition) is 2. The van der Waals surface area contributed by atoms with Crippen LogP contribution in [0.25, 0.3) is 0 Å². The number of ketones is 1. The lowest BCUT2D eigenvalue weighted by Gasteiger charge is -2.07. The molecule has 1 aromatic rings. The molecule has 1 fully saturated rings. The van der Waals surface area contributed by atoms with E-state index in [0.717, 1.165) is 25.2 Å². The van der Waals surface area contributed by atoms with Gasteiger partial charge in [-0.25, -0.2) is 0 Å². The third-order valence-electron chi connectivity index (χ3n) is 2.72. The quantitative estimate of drug-likeness (QED) is 0.669. The summed E-state index contributed by atoms with van der Waals surface area (Å²) in [5.41, 5.74) is 2.07. The second-order valence-electron chi connectivity index (χ2n) is 3.74. The summed E-state index contributed by atoms with van der Waals surface area (Å²) in [5, 5.41) is 0. The minimum Gasteiger partial charge on any atom is -0.381 e. The number of hydrogen-bond donors (Lipinski definition) is 0. The normalized spacial score (nSPS) is 21.1. The average molecular weight is 190 g/mol. The molecule has 1 unspecified atom stereocenters. The Kier molecular flexibility index (Phi) is 2.64. The second kappa shape index (κ2) is 3.93. The highest BCUT2D eigenvalue weighted by molar-refractivity contribution is 5.94. The SMILES string of the molecule is CC(=O)c1ccc(C2CCOC2)cc1. The number of rotatable bonds is 2. The van der Waals surface area contributed by atoms with Crippen molar-refractivity contribution in [2.75, 3.05) is 13.2 Å². The molecular weight excluding hydrogens is 176 g/mol. The summed E-state index contributed by atoms with van der Waals surface area (Å²) in [7, 11) is 0. The largest absolute Gasteiger partial charge is 0.381 e. The molecule has 1 atom stereocenters. The molecule has 1 heterocycles. The minimum absolute atomic E-state index is 0.124. The molecule has 14 heavy (non-hydrogen) atoms. The lowest BCUT2D eigenvalue weighted by Crippen LogP contribution is -1.98. The smallest absolute Gasteiger partial charge is 0.159 e. The van der Waals surface area contributed by atoms with Crippen LogP contribution in [0.15, 0.2) is 24.3 Å². The van der Waals surface area contributed by atoms with Gasteiger partial charge in [-0.05, 0) is 18.9 Å². The van der Waals surface area contributed by atoms with Crippen molar-refractivity contribution in [3.8, 4) is 0 Å². The van der Waals surface area contributed by atoms with E-state index in [4.69, 9.17) is 4.74 Å². The molecule has 0 bridgehead atoms. The topological polar surface area (TPSA) is 26.3 Å². The number of benzene rings is 1. The summed E-state index contributed by atoms with van der Waals surface area (Å²) in [6, 6.07) is 7.87. The predicted molar refractivity (Wildman–Crippen MR) is 54.6 cm³/mol. The molecule has 0 amide bonds. The third-order valence-corrected chi connectivity index (χ3v) is 2.72. The van der Waals surface area contributed by atoms with Crippen LogP contribution in [0, 0.1) is 0 Å². The van der Waals surface area contributed by atoms with Gasteiger partial charge in [0.25, 0.3) is 0 Å². The van der Waals surface area contributed by atoms with Gasteiger partial charge in [-0.3, -0.25) is 4.79 Å². The summed E-state index contributed by atoms with van der Waals surface area (Å²) in [6.45, 7) is 3.27. The lowest BCUT2D eigenvalue weighted by molar-refractivity contribution is 0.101. The summed E-state index contributed by atoms with van der Waals surface area (Å²) in [6.07, 6.45) is 1.10. The predicted octanol–water partition coefficient (Wildman–Crippen LogP) is 2.39. The highest BCUT2D eigenvalue weighted by Gasteiger charge is 2.17. The Morgan fingerprint density at radius 2 is 2.07 bits per heavy atom. The van der Waals surface area contributed by atoms with Crippen LogP contribution in [0.3, 0.4) is 0 Å². The van der Waals surface area contributed by atoms with Crippen molar-refractivity contribution < 1.29 is 9.53 Å². The van der Waals surface area contributed by atoms with E-state index in [9.17, 15) is 4.79 Å². The molecular formula is C12H14O2. The molecule has 0 radical (unpaired) electrons. The van der Waals surface area contributed by atoms with E-state index in [0.29, 0.717) is 5.92 Å². The first-order valence-electron chi connectivity index (χ1n) is 4.96. The number of Topliss-reactive ketones (excluding diaryl/α,β-unsaturated/α-hetero) is 1. The molecule has 1 aromatic carbocycles. The van der Waals surface area contributed by atoms with Crippen molar-refractivity contribution in [2.45, 2.75) is 19.3 Å². The van der Waals surface area contributed by atoms with Crippen molar-refractivity contribution in [1.82, 2.24) is 0 Å². The van der Waals surface area contributed by atoms with Crippen molar-refractivity contribution in [3.05, 3.63) is 35.4 Å². The van der Waals surface area contributed by atoms with E-state index in [1.807, 2.05) is 24.3 Å². The first-order valence-corrected chi connectivity index (χ1v) is 4.96. The zero-order valence-electron chi connectivity index (χ0n) is 8.32. The van der Waals surface area contributed by atoms with Gasteiger partial charge in [-0.1, -0.05) is 24.3 Å². The van der Waals surface area contributed by atoms with Crippen LogP contribution in [0.2, 0.25) is 0 Å². The fraction of sp³-hybridized carbons (Fsp3) is 0.417. The Bertz CT molecular complexity index is 321. The molecule has 0 aliphatic carbocycles. The minimum atomic E-state index is 0.124. The van der Waals surface area contributed by atoms with E-state index in [2.05, 4.69) is 0 Å². The summed E-state index contributed by atoms with van der Waals surface area (Å²) in [4.78, 5) is 11.1. The van der Waals surface area contributed by atoms with Crippen molar-refractivity contribution >= 4 is 5.78 Å². The molecule has 74 valence electrons. The Labute approximate surface area is 83.9 Å². The summed E-state index contributed by atoms with van der Waals surface area (Å²) >= 11 is 0. The summed E-state index contributed by atoms with van der Waals surface area (Å²) in [5.74, 6) is 0.648. The lowest BCUT2D eigenvalue weighted by atomic mass is 9.97. The second-order valence-corrected chi connectivity index (χ2v) is 3.74. The van der Waals surface area contributed by atoms with Gasteiger partial charge < -0.3 is 4.74 Å². The monoisotopic (exact) mass is 190 g/mol. The van der Waals surface area contributed by atoms with Gasteiger partial charge in [0, 0.05) is 18.1 Å². The zero-order chi connectivity index (χ0) is 9.97. The molecule has 1 saturated heterocycles. The number of carbonyl (C=O) groups is 1. The molecule has 1 aliphatic rings. The molecule has 2 rings (SSSR count). The van der Waals surface area contributed by atoms with Crippen LogP contribution in [-0.4, -0.2) is 19.0 Å². The molecule has 2 heteroatoms.